The fourth-order valence-electron chi connectivity index (χ4n) is 1.94. The van der Waals surface area contributed by atoms with E-state index in [-0.39, 0.29) is 28.7 Å². The summed E-state index contributed by atoms with van der Waals surface area (Å²) in [6, 6.07) is 8.05. The molecular formula is C15H14ClN3O5. The summed E-state index contributed by atoms with van der Waals surface area (Å²) in [5.74, 6) is 0.238. The van der Waals surface area contributed by atoms with Crippen LogP contribution in [-0.2, 0) is 6.54 Å². The number of urea groups is 1. The molecule has 9 heteroatoms. The summed E-state index contributed by atoms with van der Waals surface area (Å²) in [6.45, 7) is 0.0550. The standard InChI is InChI=1S/C15H14ClN3O5/c1-24-13-4-2-3-9(14(13)20)8-17-15(21)18-12-6-5-10(19(22)23)7-11(12)16/h2-7,20H,8H2,1H3,(H2,17,18,21). The van der Waals surface area contributed by atoms with Crippen molar-refractivity contribution in [2.75, 3.05) is 12.4 Å². The fourth-order valence-corrected chi connectivity index (χ4v) is 2.16. The largest absolute Gasteiger partial charge is 0.504 e. The number of methoxy groups -OCH3 is 1. The van der Waals surface area contributed by atoms with Crippen LogP contribution in [0.5, 0.6) is 11.5 Å². The van der Waals surface area contributed by atoms with Gasteiger partial charge in [-0.1, -0.05) is 23.7 Å². The maximum absolute atomic E-state index is 11.9. The predicted molar refractivity (Wildman–Crippen MR) is 88.6 cm³/mol. The number of carbonyl (C=O) groups is 1. The second-order valence-corrected chi connectivity index (χ2v) is 5.10. The van der Waals surface area contributed by atoms with Gasteiger partial charge in [-0.15, -0.1) is 0 Å². The maximum Gasteiger partial charge on any atom is 0.319 e. The highest BCUT2D eigenvalue weighted by atomic mass is 35.5. The Labute approximate surface area is 142 Å². The van der Waals surface area contributed by atoms with Crippen molar-refractivity contribution in [1.29, 1.82) is 0 Å². The molecule has 0 saturated carbocycles. The van der Waals surface area contributed by atoms with Crippen LogP contribution < -0.4 is 15.4 Å². The van der Waals surface area contributed by atoms with Crippen LogP contribution in [0.4, 0.5) is 16.2 Å². The molecular weight excluding hydrogens is 338 g/mol. The highest BCUT2D eigenvalue weighted by molar-refractivity contribution is 6.33. The number of carbonyl (C=O) groups excluding carboxylic acids is 1. The summed E-state index contributed by atoms with van der Waals surface area (Å²) >= 11 is 5.90. The third-order valence-corrected chi connectivity index (χ3v) is 3.47. The Morgan fingerprint density at radius 2 is 2.12 bits per heavy atom. The first-order valence-corrected chi connectivity index (χ1v) is 7.13. The van der Waals surface area contributed by atoms with Crippen molar-refractivity contribution in [2.45, 2.75) is 6.54 Å². The zero-order chi connectivity index (χ0) is 17.7. The second kappa shape index (κ2) is 7.51. The lowest BCUT2D eigenvalue weighted by Crippen LogP contribution is -2.28. The molecule has 2 rings (SSSR count). The van der Waals surface area contributed by atoms with Gasteiger partial charge in [-0.3, -0.25) is 10.1 Å². The van der Waals surface area contributed by atoms with E-state index in [1.54, 1.807) is 18.2 Å². The lowest BCUT2D eigenvalue weighted by molar-refractivity contribution is -0.384. The van der Waals surface area contributed by atoms with Crippen molar-refractivity contribution in [1.82, 2.24) is 5.32 Å². The summed E-state index contributed by atoms with van der Waals surface area (Å²) in [5.41, 5.74) is 0.529. The molecule has 0 radical (unpaired) electrons. The molecule has 0 heterocycles. The van der Waals surface area contributed by atoms with Gasteiger partial charge in [-0.2, -0.15) is 0 Å². The van der Waals surface area contributed by atoms with Crippen LogP contribution in [0.25, 0.3) is 0 Å². The number of nitro benzene ring substituents is 1. The number of amides is 2. The Morgan fingerprint density at radius 3 is 2.75 bits per heavy atom. The number of nitrogens with zero attached hydrogens (tertiary/aromatic N) is 1. The van der Waals surface area contributed by atoms with E-state index in [1.165, 1.54) is 19.2 Å². The van der Waals surface area contributed by atoms with Crippen molar-refractivity contribution in [3.05, 3.63) is 57.1 Å². The number of ether oxygens (including phenoxy) is 1. The quantitative estimate of drug-likeness (QED) is 0.565. The third kappa shape index (κ3) is 4.05. The average molecular weight is 352 g/mol. The number of hydrogen-bond donors (Lipinski definition) is 3. The van der Waals surface area contributed by atoms with Gasteiger partial charge in [-0.05, 0) is 12.1 Å². The number of aromatic hydroxyl groups is 1. The molecule has 0 atom stereocenters. The number of benzene rings is 2. The first-order valence-electron chi connectivity index (χ1n) is 6.76. The Balaban J connectivity index is 2.00. The zero-order valence-corrected chi connectivity index (χ0v) is 13.3. The minimum atomic E-state index is -0.582. The molecule has 0 fully saturated rings. The highest BCUT2D eigenvalue weighted by Gasteiger charge is 2.12. The molecule has 2 amide bonds. The van der Waals surface area contributed by atoms with Gasteiger partial charge in [-0.25, -0.2) is 4.79 Å². The van der Waals surface area contributed by atoms with E-state index in [0.29, 0.717) is 11.3 Å². The predicted octanol–water partition coefficient (Wildman–Crippen LogP) is 3.28. The number of nitrogens with one attached hydrogen (secondary N) is 2. The Bertz CT molecular complexity index is 782. The van der Waals surface area contributed by atoms with E-state index in [2.05, 4.69) is 10.6 Å². The molecule has 0 aromatic heterocycles. The smallest absolute Gasteiger partial charge is 0.319 e. The molecule has 0 bridgehead atoms. The van der Waals surface area contributed by atoms with Gasteiger partial charge in [0, 0.05) is 24.2 Å². The van der Waals surface area contributed by atoms with Crippen LogP contribution in [0.2, 0.25) is 5.02 Å². The molecule has 0 aliphatic carbocycles. The number of hydrogen-bond acceptors (Lipinski definition) is 5. The van der Waals surface area contributed by atoms with Crippen LogP contribution >= 0.6 is 11.6 Å². The maximum atomic E-state index is 11.9. The van der Waals surface area contributed by atoms with Crippen molar-refractivity contribution in [3.8, 4) is 11.5 Å². The van der Waals surface area contributed by atoms with E-state index in [0.717, 1.165) is 6.07 Å². The van der Waals surface area contributed by atoms with E-state index in [4.69, 9.17) is 16.3 Å². The second-order valence-electron chi connectivity index (χ2n) is 4.70. The Kier molecular flexibility index (Phi) is 5.43. The molecule has 126 valence electrons. The van der Waals surface area contributed by atoms with Crippen molar-refractivity contribution >= 4 is 29.0 Å². The van der Waals surface area contributed by atoms with Crippen LogP contribution in [0.15, 0.2) is 36.4 Å². The average Bonchev–Trinajstić information content (AvgIpc) is 2.55. The minimum absolute atomic E-state index is 0.0450. The van der Waals surface area contributed by atoms with Crippen molar-refractivity contribution in [3.63, 3.8) is 0 Å². The monoisotopic (exact) mass is 351 g/mol. The van der Waals surface area contributed by atoms with Gasteiger partial charge in [0.2, 0.25) is 0 Å². The fraction of sp³-hybridized carbons (Fsp3) is 0.133. The third-order valence-electron chi connectivity index (χ3n) is 3.15. The molecule has 8 nitrogen and oxygen atoms in total. The molecule has 0 unspecified atom stereocenters. The van der Waals surface area contributed by atoms with Gasteiger partial charge in [0.05, 0.1) is 22.7 Å². The molecule has 0 saturated heterocycles. The Hall–Kier alpha value is -3.00. The van der Waals surface area contributed by atoms with Gasteiger partial charge < -0.3 is 20.5 Å². The number of nitro groups is 1. The summed E-state index contributed by atoms with van der Waals surface area (Å²) in [4.78, 5) is 22.0. The first kappa shape index (κ1) is 17.4. The number of non-ortho nitro benzene ring substituents is 1. The molecule has 2 aromatic rings. The molecule has 24 heavy (non-hydrogen) atoms. The van der Waals surface area contributed by atoms with Gasteiger partial charge >= 0.3 is 6.03 Å². The summed E-state index contributed by atoms with van der Waals surface area (Å²) in [6.07, 6.45) is 0. The van der Waals surface area contributed by atoms with Crippen LogP contribution in [0.3, 0.4) is 0 Å². The van der Waals surface area contributed by atoms with Crippen molar-refractivity contribution < 1.29 is 19.6 Å². The van der Waals surface area contributed by atoms with E-state index in [9.17, 15) is 20.0 Å². The number of anilines is 1. The topological polar surface area (TPSA) is 114 Å². The Morgan fingerprint density at radius 1 is 1.38 bits per heavy atom. The normalized spacial score (nSPS) is 10.1. The van der Waals surface area contributed by atoms with Gasteiger partial charge in [0.25, 0.3) is 5.69 Å². The zero-order valence-electron chi connectivity index (χ0n) is 12.6. The van der Waals surface area contributed by atoms with Gasteiger partial charge in [0.15, 0.2) is 11.5 Å². The minimum Gasteiger partial charge on any atom is -0.504 e. The molecule has 2 aromatic carbocycles. The SMILES string of the molecule is COc1cccc(CNC(=O)Nc2ccc([N+](=O)[O-])cc2Cl)c1O. The highest BCUT2D eigenvalue weighted by Crippen LogP contribution is 2.29. The summed E-state index contributed by atoms with van der Waals surface area (Å²) in [7, 11) is 1.43. The van der Waals surface area contributed by atoms with Gasteiger partial charge in [0.1, 0.15) is 0 Å². The summed E-state index contributed by atoms with van der Waals surface area (Å²) in [5, 5.41) is 25.6. The number of rotatable bonds is 5. The van der Waals surface area contributed by atoms with E-state index < -0.39 is 11.0 Å². The van der Waals surface area contributed by atoms with Crippen LogP contribution in [-0.4, -0.2) is 23.2 Å². The van der Waals surface area contributed by atoms with Crippen LogP contribution in [0, 0.1) is 10.1 Å². The molecule has 0 spiro atoms. The number of phenols is 1. The first-order chi connectivity index (χ1) is 11.4. The van der Waals surface area contributed by atoms with E-state index in [1.807, 2.05) is 0 Å². The summed E-state index contributed by atoms with van der Waals surface area (Å²) < 4.78 is 4.98. The number of phenolic OH excluding ortho intramolecular Hbond substituents is 1. The molecule has 3 N–H and O–H groups in total. The lowest BCUT2D eigenvalue weighted by atomic mass is 10.2. The molecule has 0 aliphatic heterocycles. The van der Waals surface area contributed by atoms with Crippen molar-refractivity contribution in [2.24, 2.45) is 0 Å². The van der Waals surface area contributed by atoms with E-state index >= 15 is 0 Å². The van der Waals surface area contributed by atoms with Crippen LogP contribution in [0.1, 0.15) is 5.56 Å². The number of para-hydroxylation sites is 1. The number of halogens is 1. The lowest BCUT2D eigenvalue weighted by Gasteiger charge is -2.11. The molecule has 0 aliphatic rings.